The van der Waals surface area contributed by atoms with Crippen molar-refractivity contribution in [1.82, 2.24) is 9.80 Å². The van der Waals surface area contributed by atoms with Crippen molar-refractivity contribution < 1.29 is 10.2 Å². The van der Waals surface area contributed by atoms with Crippen molar-refractivity contribution in [1.29, 1.82) is 0 Å². The predicted octanol–water partition coefficient (Wildman–Crippen LogP) is 2.20. The van der Waals surface area contributed by atoms with Gasteiger partial charge in [-0.05, 0) is 48.5 Å². The molecule has 0 radical (unpaired) electrons. The molecule has 0 aliphatic rings. The molecule has 2 rings (SSSR count). The SMILES string of the molecule is CN(CCO)Cc1cccc(-c2cccc(CN(C)CCO)c2)c1. The van der Waals surface area contributed by atoms with Crippen LogP contribution in [-0.4, -0.2) is 60.4 Å². The number of rotatable bonds is 9. The number of likely N-dealkylation sites (N-methyl/N-ethyl adjacent to an activating group) is 2. The van der Waals surface area contributed by atoms with Crippen LogP contribution >= 0.6 is 0 Å². The van der Waals surface area contributed by atoms with Gasteiger partial charge in [-0.25, -0.2) is 0 Å². The molecular formula is C20H28N2O2. The van der Waals surface area contributed by atoms with Gasteiger partial charge >= 0.3 is 0 Å². The van der Waals surface area contributed by atoms with Crippen molar-refractivity contribution in [2.24, 2.45) is 0 Å². The number of nitrogens with zero attached hydrogens (tertiary/aromatic N) is 2. The fourth-order valence-electron chi connectivity index (χ4n) is 2.82. The number of hydrogen-bond acceptors (Lipinski definition) is 4. The number of hydrogen-bond donors (Lipinski definition) is 2. The molecule has 4 heteroatoms. The van der Waals surface area contributed by atoms with E-state index in [4.69, 9.17) is 10.2 Å². The monoisotopic (exact) mass is 328 g/mol. The number of benzene rings is 2. The Kier molecular flexibility index (Phi) is 7.40. The van der Waals surface area contributed by atoms with Crippen molar-refractivity contribution in [2.75, 3.05) is 40.4 Å². The Morgan fingerprint density at radius 2 is 1.12 bits per heavy atom. The van der Waals surface area contributed by atoms with E-state index in [9.17, 15) is 0 Å². The smallest absolute Gasteiger partial charge is 0.0558 e. The minimum atomic E-state index is 0.180. The maximum absolute atomic E-state index is 9.03. The third-order valence-electron chi connectivity index (χ3n) is 4.06. The maximum atomic E-state index is 9.03. The Morgan fingerprint density at radius 3 is 1.50 bits per heavy atom. The van der Waals surface area contributed by atoms with E-state index in [2.05, 4.69) is 58.3 Å². The van der Waals surface area contributed by atoms with E-state index >= 15 is 0 Å². The van der Waals surface area contributed by atoms with E-state index in [1.54, 1.807) is 0 Å². The molecule has 0 bridgehead atoms. The van der Waals surface area contributed by atoms with Gasteiger partial charge in [0.2, 0.25) is 0 Å². The molecule has 0 fully saturated rings. The molecule has 0 aromatic heterocycles. The van der Waals surface area contributed by atoms with Crippen LogP contribution in [0.25, 0.3) is 11.1 Å². The van der Waals surface area contributed by atoms with Gasteiger partial charge in [0.05, 0.1) is 13.2 Å². The molecule has 0 atom stereocenters. The van der Waals surface area contributed by atoms with E-state index in [1.165, 1.54) is 22.3 Å². The van der Waals surface area contributed by atoms with Gasteiger partial charge in [0.1, 0.15) is 0 Å². The molecule has 0 aliphatic carbocycles. The highest BCUT2D eigenvalue weighted by atomic mass is 16.3. The summed E-state index contributed by atoms with van der Waals surface area (Å²) in [7, 11) is 4.03. The molecule has 0 unspecified atom stereocenters. The Bertz CT molecular complexity index is 575. The van der Waals surface area contributed by atoms with Crippen molar-refractivity contribution in [3.63, 3.8) is 0 Å². The van der Waals surface area contributed by atoms with Gasteiger partial charge in [0.15, 0.2) is 0 Å². The Labute approximate surface area is 145 Å². The van der Waals surface area contributed by atoms with Crippen molar-refractivity contribution in [3.05, 3.63) is 59.7 Å². The lowest BCUT2D eigenvalue weighted by Gasteiger charge is -2.17. The van der Waals surface area contributed by atoms with Crippen molar-refractivity contribution in [3.8, 4) is 11.1 Å². The zero-order valence-electron chi connectivity index (χ0n) is 14.7. The minimum Gasteiger partial charge on any atom is -0.395 e. The summed E-state index contributed by atoms with van der Waals surface area (Å²) in [6.07, 6.45) is 0. The lowest BCUT2D eigenvalue weighted by atomic mass is 10.0. The Balaban J connectivity index is 2.13. The Morgan fingerprint density at radius 1 is 0.708 bits per heavy atom. The molecule has 2 N–H and O–H groups in total. The molecule has 130 valence electrons. The Hall–Kier alpha value is -1.72. The summed E-state index contributed by atoms with van der Waals surface area (Å²) in [6.45, 7) is 3.37. The molecule has 24 heavy (non-hydrogen) atoms. The summed E-state index contributed by atoms with van der Waals surface area (Å²) in [5, 5.41) is 18.1. The minimum absolute atomic E-state index is 0.180. The van der Waals surface area contributed by atoms with Crippen LogP contribution in [0.1, 0.15) is 11.1 Å². The summed E-state index contributed by atoms with van der Waals surface area (Å²) in [4.78, 5) is 4.22. The fraction of sp³-hybridized carbons (Fsp3) is 0.400. The molecule has 0 saturated carbocycles. The first-order valence-corrected chi connectivity index (χ1v) is 8.39. The summed E-state index contributed by atoms with van der Waals surface area (Å²) in [5.74, 6) is 0. The summed E-state index contributed by atoms with van der Waals surface area (Å²) in [6, 6.07) is 17.1. The number of aliphatic hydroxyl groups excluding tert-OH is 2. The zero-order valence-corrected chi connectivity index (χ0v) is 14.7. The second kappa shape index (κ2) is 9.55. The maximum Gasteiger partial charge on any atom is 0.0558 e. The fourth-order valence-corrected chi connectivity index (χ4v) is 2.82. The molecule has 0 heterocycles. The van der Waals surface area contributed by atoms with E-state index < -0.39 is 0 Å². The van der Waals surface area contributed by atoms with Gasteiger partial charge in [-0.15, -0.1) is 0 Å². The van der Waals surface area contributed by atoms with Crippen LogP contribution in [0.5, 0.6) is 0 Å². The predicted molar refractivity (Wildman–Crippen MR) is 98.7 cm³/mol. The summed E-state index contributed by atoms with van der Waals surface area (Å²) >= 11 is 0. The van der Waals surface area contributed by atoms with Gasteiger partial charge in [-0.3, -0.25) is 9.80 Å². The van der Waals surface area contributed by atoms with Gasteiger partial charge in [0.25, 0.3) is 0 Å². The first kappa shape index (κ1) is 18.6. The first-order valence-electron chi connectivity index (χ1n) is 8.39. The number of aliphatic hydroxyl groups is 2. The molecule has 0 amide bonds. The van der Waals surface area contributed by atoms with Crippen molar-refractivity contribution in [2.45, 2.75) is 13.1 Å². The molecule has 4 nitrogen and oxygen atoms in total. The highest BCUT2D eigenvalue weighted by Gasteiger charge is 2.05. The lowest BCUT2D eigenvalue weighted by molar-refractivity contribution is 0.217. The standard InChI is InChI=1S/C20H28N2O2/c1-21(9-11-23)15-17-5-3-7-19(13-17)20-8-4-6-18(14-20)16-22(2)10-12-24/h3-8,13-14,23-24H,9-12,15-16H2,1-2H3. The third kappa shape index (κ3) is 5.73. The van der Waals surface area contributed by atoms with Gasteiger partial charge in [-0.2, -0.15) is 0 Å². The van der Waals surface area contributed by atoms with E-state index in [-0.39, 0.29) is 13.2 Å². The highest BCUT2D eigenvalue weighted by molar-refractivity contribution is 5.64. The van der Waals surface area contributed by atoms with Crippen LogP contribution in [0.4, 0.5) is 0 Å². The van der Waals surface area contributed by atoms with Crippen LogP contribution in [-0.2, 0) is 13.1 Å². The van der Waals surface area contributed by atoms with Crippen LogP contribution in [0.3, 0.4) is 0 Å². The topological polar surface area (TPSA) is 46.9 Å². The van der Waals surface area contributed by atoms with Crippen LogP contribution in [0, 0.1) is 0 Å². The molecular weight excluding hydrogens is 300 g/mol. The van der Waals surface area contributed by atoms with E-state index in [1.807, 2.05) is 14.1 Å². The largest absolute Gasteiger partial charge is 0.395 e. The van der Waals surface area contributed by atoms with Gasteiger partial charge < -0.3 is 10.2 Å². The molecule has 2 aromatic carbocycles. The van der Waals surface area contributed by atoms with Crippen molar-refractivity contribution >= 4 is 0 Å². The highest BCUT2D eigenvalue weighted by Crippen LogP contribution is 2.22. The molecule has 0 aliphatic heterocycles. The first-order chi connectivity index (χ1) is 11.6. The lowest BCUT2D eigenvalue weighted by Crippen LogP contribution is -2.21. The molecule has 0 saturated heterocycles. The zero-order chi connectivity index (χ0) is 17.4. The van der Waals surface area contributed by atoms with E-state index in [0.717, 1.165) is 13.1 Å². The van der Waals surface area contributed by atoms with Crippen LogP contribution in [0.2, 0.25) is 0 Å². The average Bonchev–Trinajstić information content (AvgIpc) is 2.56. The van der Waals surface area contributed by atoms with Gasteiger partial charge in [-0.1, -0.05) is 36.4 Å². The van der Waals surface area contributed by atoms with Crippen LogP contribution in [0.15, 0.2) is 48.5 Å². The summed E-state index contributed by atoms with van der Waals surface area (Å²) < 4.78 is 0. The molecule has 0 spiro atoms. The quantitative estimate of drug-likeness (QED) is 0.741. The average molecular weight is 328 g/mol. The normalized spacial score (nSPS) is 11.4. The summed E-state index contributed by atoms with van der Waals surface area (Å²) in [5.41, 5.74) is 4.89. The van der Waals surface area contributed by atoms with E-state index in [0.29, 0.717) is 13.1 Å². The van der Waals surface area contributed by atoms with Gasteiger partial charge in [0, 0.05) is 26.2 Å². The second-order valence-electron chi connectivity index (χ2n) is 6.32. The molecule has 2 aromatic rings. The third-order valence-corrected chi connectivity index (χ3v) is 4.06. The second-order valence-corrected chi connectivity index (χ2v) is 6.32. The van der Waals surface area contributed by atoms with Crippen LogP contribution < -0.4 is 0 Å².